The molecule has 1 aromatic heterocycles. The molecular formula is C4H4ClNO2S2. The molecule has 1 atom stereocenters. The van der Waals surface area contributed by atoms with E-state index in [9.17, 15) is 4.21 Å². The maximum Gasteiger partial charge on any atom is 0.274 e. The Kier molecular flexibility index (Phi) is 2.64. The molecule has 0 spiro atoms. The van der Waals surface area contributed by atoms with E-state index in [0.717, 1.165) is 0 Å². The fraction of sp³-hybridized carbons (Fsp3) is 0.250. The number of nitrogens with zero attached hydrogens (tertiary/aromatic N) is 1. The Hall–Kier alpha value is -0.130. The second-order valence-corrected chi connectivity index (χ2v) is 4.35. The Labute approximate surface area is 69.0 Å². The minimum absolute atomic E-state index is 0.476. The summed E-state index contributed by atoms with van der Waals surface area (Å²) < 4.78 is 15.8. The van der Waals surface area contributed by atoms with E-state index in [4.69, 9.17) is 15.4 Å². The molecule has 6 heteroatoms. The molecule has 0 aliphatic heterocycles. The lowest BCUT2D eigenvalue weighted by Crippen LogP contribution is -1.76. The van der Waals surface area contributed by atoms with E-state index in [2.05, 4.69) is 4.98 Å². The van der Waals surface area contributed by atoms with Gasteiger partial charge in [0.05, 0.1) is 13.3 Å². The Balaban J connectivity index is 2.88. The van der Waals surface area contributed by atoms with Crippen LogP contribution in [-0.2, 0) is 10.0 Å². The van der Waals surface area contributed by atoms with Gasteiger partial charge in [0.1, 0.15) is 4.21 Å². The number of rotatable bonds is 2. The van der Waals surface area contributed by atoms with Crippen LogP contribution in [0.25, 0.3) is 0 Å². The van der Waals surface area contributed by atoms with Gasteiger partial charge in [-0.3, -0.25) is 0 Å². The van der Waals surface area contributed by atoms with Crippen LogP contribution in [0.5, 0.6) is 5.19 Å². The second kappa shape index (κ2) is 3.32. The van der Waals surface area contributed by atoms with Crippen molar-refractivity contribution in [2.24, 2.45) is 0 Å². The zero-order valence-corrected chi connectivity index (χ0v) is 7.42. The first kappa shape index (κ1) is 7.97. The molecule has 1 rings (SSSR count). The van der Waals surface area contributed by atoms with Gasteiger partial charge in [0, 0.05) is 0 Å². The summed E-state index contributed by atoms with van der Waals surface area (Å²) in [5.41, 5.74) is 0. The van der Waals surface area contributed by atoms with E-state index in [1.165, 1.54) is 24.6 Å². The molecule has 0 radical (unpaired) electrons. The Morgan fingerprint density at radius 3 is 2.90 bits per heavy atom. The quantitative estimate of drug-likeness (QED) is 0.674. The maximum absolute atomic E-state index is 10.6. The van der Waals surface area contributed by atoms with Gasteiger partial charge in [0.2, 0.25) is 0 Å². The van der Waals surface area contributed by atoms with Gasteiger partial charge in [0.25, 0.3) is 5.19 Å². The van der Waals surface area contributed by atoms with Crippen molar-refractivity contribution in [1.29, 1.82) is 0 Å². The van der Waals surface area contributed by atoms with E-state index in [-0.39, 0.29) is 0 Å². The first-order valence-electron chi connectivity index (χ1n) is 2.32. The number of hydrogen-bond donors (Lipinski definition) is 0. The first-order chi connectivity index (χ1) is 4.74. The van der Waals surface area contributed by atoms with Gasteiger partial charge in [0.15, 0.2) is 10.0 Å². The second-order valence-electron chi connectivity index (χ2n) is 1.37. The SMILES string of the molecule is COc1ncc(S(=O)Cl)s1. The number of halogens is 1. The van der Waals surface area contributed by atoms with Crippen molar-refractivity contribution >= 4 is 32.0 Å². The van der Waals surface area contributed by atoms with Crippen molar-refractivity contribution in [2.75, 3.05) is 7.11 Å². The molecule has 0 aliphatic carbocycles. The Morgan fingerprint density at radius 2 is 2.60 bits per heavy atom. The van der Waals surface area contributed by atoms with Crippen LogP contribution in [0.3, 0.4) is 0 Å². The van der Waals surface area contributed by atoms with Crippen molar-refractivity contribution in [3.05, 3.63) is 6.20 Å². The van der Waals surface area contributed by atoms with Crippen molar-refractivity contribution in [2.45, 2.75) is 4.21 Å². The number of ether oxygens (including phenoxy) is 1. The molecule has 0 saturated heterocycles. The third-order valence-corrected chi connectivity index (χ3v) is 3.45. The fourth-order valence-electron chi connectivity index (χ4n) is 0.413. The first-order valence-corrected chi connectivity index (χ1v) is 5.11. The summed E-state index contributed by atoms with van der Waals surface area (Å²) >= 11 is 1.18. The number of methoxy groups -OCH3 is 1. The summed E-state index contributed by atoms with van der Waals surface area (Å²) in [7, 11) is 5.30. The van der Waals surface area contributed by atoms with Crippen LogP contribution in [0.1, 0.15) is 0 Å². The summed E-state index contributed by atoms with van der Waals surface area (Å²) in [6.07, 6.45) is 1.44. The van der Waals surface area contributed by atoms with Gasteiger partial charge in [-0.25, -0.2) is 9.19 Å². The van der Waals surface area contributed by atoms with E-state index < -0.39 is 10.0 Å². The average molecular weight is 198 g/mol. The molecule has 10 heavy (non-hydrogen) atoms. The predicted octanol–water partition coefficient (Wildman–Crippen LogP) is 1.41. The summed E-state index contributed by atoms with van der Waals surface area (Å²) in [5, 5.41) is 0.476. The van der Waals surface area contributed by atoms with E-state index in [1.807, 2.05) is 0 Å². The summed E-state index contributed by atoms with van der Waals surface area (Å²) in [5.74, 6) is 0. The third-order valence-electron chi connectivity index (χ3n) is 0.796. The Morgan fingerprint density at radius 1 is 1.90 bits per heavy atom. The predicted molar refractivity (Wildman–Crippen MR) is 40.9 cm³/mol. The van der Waals surface area contributed by atoms with Crippen LogP contribution in [0.2, 0.25) is 0 Å². The van der Waals surface area contributed by atoms with Crippen LogP contribution in [0.15, 0.2) is 10.4 Å². The molecule has 0 bridgehead atoms. The molecule has 0 amide bonds. The van der Waals surface area contributed by atoms with Crippen LogP contribution < -0.4 is 4.74 Å². The maximum atomic E-state index is 10.6. The minimum Gasteiger partial charge on any atom is -0.473 e. The molecule has 3 nitrogen and oxygen atoms in total. The standard InChI is InChI=1S/C4H4ClNO2S2/c1-8-4-6-2-3(9-4)10(5)7/h2H,1H3. The van der Waals surface area contributed by atoms with E-state index >= 15 is 0 Å². The zero-order valence-electron chi connectivity index (χ0n) is 5.04. The van der Waals surface area contributed by atoms with Gasteiger partial charge in [-0.2, -0.15) is 0 Å². The van der Waals surface area contributed by atoms with E-state index in [1.54, 1.807) is 0 Å². The molecule has 0 aliphatic rings. The lowest BCUT2D eigenvalue weighted by Gasteiger charge is -1.85. The molecule has 56 valence electrons. The van der Waals surface area contributed by atoms with Crippen LogP contribution >= 0.6 is 22.0 Å². The normalized spacial score (nSPS) is 13.0. The van der Waals surface area contributed by atoms with Crippen LogP contribution in [0.4, 0.5) is 0 Å². The topological polar surface area (TPSA) is 39.2 Å². The summed E-state index contributed by atoms with van der Waals surface area (Å²) in [4.78, 5) is 3.77. The number of thiazole rings is 1. The highest BCUT2D eigenvalue weighted by Crippen LogP contribution is 2.24. The highest BCUT2D eigenvalue weighted by Gasteiger charge is 2.05. The molecule has 0 saturated carbocycles. The molecule has 1 heterocycles. The van der Waals surface area contributed by atoms with Gasteiger partial charge >= 0.3 is 0 Å². The van der Waals surface area contributed by atoms with Gasteiger partial charge in [-0.05, 0) is 10.7 Å². The molecule has 1 unspecified atom stereocenters. The lowest BCUT2D eigenvalue weighted by atomic mass is 11.0. The van der Waals surface area contributed by atoms with Crippen LogP contribution in [0, 0.1) is 0 Å². The van der Waals surface area contributed by atoms with Crippen LogP contribution in [-0.4, -0.2) is 16.3 Å². The van der Waals surface area contributed by atoms with Crippen molar-refractivity contribution < 1.29 is 8.95 Å². The fourth-order valence-corrected chi connectivity index (χ4v) is 1.89. The zero-order chi connectivity index (χ0) is 7.56. The van der Waals surface area contributed by atoms with Gasteiger partial charge in [-0.15, -0.1) is 0 Å². The summed E-state index contributed by atoms with van der Waals surface area (Å²) in [6.45, 7) is 0. The highest BCUT2D eigenvalue weighted by atomic mass is 35.7. The average Bonchev–Trinajstić information content (AvgIpc) is 2.34. The smallest absolute Gasteiger partial charge is 0.274 e. The van der Waals surface area contributed by atoms with Gasteiger partial charge in [-0.1, -0.05) is 11.3 Å². The molecule has 0 aromatic carbocycles. The largest absolute Gasteiger partial charge is 0.473 e. The molecule has 0 N–H and O–H groups in total. The van der Waals surface area contributed by atoms with Gasteiger partial charge < -0.3 is 4.74 Å². The number of aromatic nitrogens is 1. The third kappa shape index (κ3) is 1.68. The van der Waals surface area contributed by atoms with Crippen molar-refractivity contribution in [1.82, 2.24) is 4.98 Å². The number of hydrogen-bond acceptors (Lipinski definition) is 4. The molecule has 1 aromatic rings. The molecule has 0 fully saturated rings. The van der Waals surface area contributed by atoms with Crippen molar-refractivity contribution in [3.8, 4) is 5.19 Å². The monoisotopic (exact) mass is 197 g/mol. The minimum atomic E-state index is -1.46. The highest BCUT2D eigenvalue weighted by molar-refractivity contribution is 8.09. The lowest BCUT2D eigenvalue weighted by molar-refractivity contribution is 0.412. The summed E-state index contributed by atoms with van der Waals surface area (Å²) in [6, 6.07) is 0. The van der Waals surface area contributed by atoms with Crippen molar-refractivity contribution in [3.63, 3.8) is 0 Å². The molecular weight excluding hydrogens is 194 g/mol. The Bertz CT molecular complexity index is 249. The van der Waals surface area contributed by atoms with E-state index in [0.29, 0.717) is 9.40 Å².